The summed E-state index contributed by atoms with van der Waals surface area (Å²) in [6.45, 7) is 4.22. The Morgan fingerprint density at radius 3 is 3.06 bits per heavy atom. The first-order valence-corrected chi connectivity index (χ1v) is 6.40. The molecule has 2 aromatic heterocycles. The normalized spacial score (nSPS) is 12.6. The van der Waals surface area contributed by atoms with Crippen LogP contribution in [0.15, 0.2) is 16.7 Å². The Labute approximate surface area is 113 Å². The first-order chi connectivity index (χ1) is 8.54. The molecule has 0 aliphatic carbocycles. The molecule has 1 unspecified atom stereocenters. The van der Waals surface area contributed by atoms with Gasteiger partial charge in [-0.3, -0.25) is 9.36 Å². The van der Waals surface area contributed by atoms with Gasteiger partial charge in [0.05, 0.1) is 0 Å². The molecule has 0 aromatic carbocycles. The smallest absolute Gasteiger partial charge is 0.242 e. The van der Waals surface area contributed by atoms with Crippen molar-refractivity contribution in [3.63, 3.8) is 0 Å². The summed E-state index contributed by atoms with van der Waals surface area (Å²) in [6, 6.07) is 1.38. The number of nitrogen functional groups attached to an aromatic ring is 1. The van der Waals surface area contributed by atoms with Crippen molar-refractivity contribution >= 4 is 38.9 Å². The minimum absolute atomic E-state index is 0.104. The molecular formula is C11H14BrN5O. The molecule has 0 radical (unpaired) electrons. The monoisotopic (exact) mass is 311 g/mol. The van der Waals surface area contributed by atoms with Crippen LogP contribution >= 0.6 is 15.9 Å². The number of carbonyl (C=O) groups is 1. The lowest BCUT2D eigenvalue weighted by Gasteiger charge is -2.14. The lowest BCUT2D eigenvalue weighted by Crippen LogP contribution is -2.31. The highest BCUT2D eigenvalue weighted by Crippen LogP contribution is 2.23. The number of rotatable bonds is 3. The van der Waals surface area contributed by atoms with E-state index in [2.05, 4.69) is 31.2 Å². The summed E-state index contributed by atoms with van der Waals surface area (Å²) in [7, 11) is 0. The van der Waals surface area contributed by atoms with Crippen LogP contribution in [-0.2, 0) is 4.79 Å². The zero-order valence-corrected chi connectivity index (χ0v) is 11.7. The average molecular weight is 312 g/mol. The number of imidazole rings is 1. The summed E-state index contributed by atoms with van der Waals surface area (Å²) in [5, 5.41) is 2.76. The van der Waals surface area contributed by atoms with Crippen LogP contribution in [0.2, 0.25) is 0 Å². The predicted molar refractivity (Wildman–Crippen MR) is 73.0 cm³/mol. The standard InChI is InChI=1S/C11H14BrN5O/c1-3-14-10(18)6(2)17-9-8(16-11(17)13)4-7(12)5-15-9/h4-6H,3H2,1-2H3,(H2,13,16)(H,14,18). The molecule has 2 rings (SSSR count). The van der Waals surface area contributed by atoms with Crippen LogP contribution < -0.4 is 11.1 Å². The number of fused-ring (bicyclic) bond motifs is 1. The van der Waals surface area contributed by atoms with E-state index in [1.165, 1.54) is 0 Å². The van der Waals surface area contributed by atoms with Gasteiger partial charge in [0.1, 0.15) is 11.6 Å². The van der Waals surface area contributed by atoms with E-state index in [9.17, 15) is 4.79 Å². The zero-order valence-electron chi connectivity index (χ0n) is 10.1. The van der Waals surface area contributed by atoms with E-state index in [1.54, 1.807) is 17.7 Å². The number of nitrogens with zero attached hydrogens (tertiary/aromatic N) is 3. The van der Waals surface area contributed by atoms with Gasteiger partial charge in [0, 0.05) is 17.2 Å². The Balaban J connectivity index is 2.50. The molecule has 7 heteroatoms. The molecule has 0 saturated carbocycles. The maximum atomic E-state index is 11.9. The largest absolute Gasteiger partial charge is 0.369 e. The molecule has 0 aliphatic heterocycles. The molecule has 0 saturated heterocycles. The minimum Gasteiger partial charge on any atom is -0.369 e. The van der Waals surface area contributed by atoms with Gasteiger partial charge in [-0.15, -0.1) is 0 Å². The van der Waals surface area contributed by atoms with E-state index in [0.717, 1.165) is 4.47 Å². The zero-order chi connectivity index (χ0) is 13.3. The third-order valence-corrected chi connectivity index (χ3v) is 3.08. The van der Waals surface area contributed by atoms with Crippen molar-refractivity contribution in [2.45, 2.75) is 19.9 Å². The van der Waals surface area contributed by atoms with E-state index < -0.39 is 6.04 Å². The number of halogens is 1. The molecular weight excluding hydrogens is 298 g/mol. The number of nitrogens with one attached hydrogen (secondary N) is 1. The number of anilines is 1. The number of likely N-dealkylation sites (N-methyl/N-ethyl adjacent to an activating group) is 1. The highest BCUT2D eigenvalue weighted by Gasteiger charge is 2.20. The van der Waals surface area contributed by atoms with Crippen LogP contribution in [0.1, 0.15) is 19.9 Å². The molecule has 2 aromatic rings. The first kappa shape index (κ1) is 12.8. The molecule has 6 nitrogen and oxygen atoms in total. The number of amides is 1. The van der Waals surface area contributed by atoms with E-state index in [0.29, 0.717) is 17.7 Å². The van der Waals surface area contributed by atoms with Crippen molar-refractivity contribution in [2.75, 3.05) is 12.3 Å². The molecule has 0 fully saturated rings. The second-order valence-corrected chi connectivity index (χ2v) is 4.82. The second-order valence-electron chi connectivity index (χ2n) is 3.91. The van der Waals surface area contributed by atoms with Gasteiger partial charge in [-0.1, -0.05) is 0 Å². The van der Waals surface area contributed by atoms with Gasteiger partial charge in [-0.25, -0.2) is 9.97 Å². The fraction of sp³-hybridized carbons (Fsp3) is 0.364. The molecule has 3 N–H and O–H groups in total. The third-order valence-electron chi connectivity index (χ3n) is 2.64. The number of hydrogen-bond acceptors (Lipinski definition) is 4. The summed E-state index contributed by atoms with van der Waals surface area (Å²) in [5.74, 6) is 0.183. The predicted octanol–water partition coefficient (Wildman–Crippen LogP) is 1.47. The van der Waals surface area contributed by atoms with Gasteiger partial charge >= 0.3 is 0 Å². The Hall–Kier alpha value is -1.63. The van der Waals surface area contributed by atoms with Crippen LogP contribution in [0.25, 0.3) is 11.2 Å². The molecule has 96 valence electrons. The number of nitrogens with two attached hydrogens (primary N) is 1. The lowest BCUT2D eigenvalue weighted by atomic mass is 10.3. The van der Waals surface area contributed by atoms with Gasteiger partial charge < -0.3 is 11.1 Å². The molecule has 0 bridgehead atoms. The van der Waals surface area contributed by atoms with Crippen LogP contribution in [0.3, 0.4) is 0 Å². The van der Waals surface area contributed by atoms with Gasteiger partial charge in [0.15, 0.2) is 5.65 Å². The van der Waals surface area contributed by atoms with Crippen LogP contribution in [0.5, 0.6) is 0 Å². The van der Waals surface area contributed by atoms with Crippen molar-refractivity contribution in [3.05, 3.63) is 16.7 Å². The minimum atomic E-state index is -0.441. The first-order valence-electron chi connectivity index (χ1n) is 5.61. The fourth-order valence-corrected chi connectivity index (χ4v) is 2.12. The van der Waals surface area contributed by atoms with E-state index in [4.69, 9.17) is 5.73 Å². The van der Waals surface area contributed by atoms with Crippen molar-refractivity contribution in [1.82, 2.24) is 19.9 Å². The van der Waals surface area contributed by atoms with Crippen molar-refractivity contribution in [2.24, 2.45) is 0 Å². The molecule has 0 aliphatic rings. The van der Waals surface area contributed by atoms with Gasteiger partial charge in [0.25, 0.3) is 0 Å². The molecule has 1 amide bonds. The summed E-state index contributed by atoms with van der Waals surface area (Å²) < 4.78 is 2.46. The molecule has 1 atom stereocenters. The van der Waals surface area contributed by atoms with Crippen molar-refractivity contribution in [3.8, 4) is 0 Å². The average Bonchev–Trinajstić information content (AvgIpc) is 2.63. The SMILES string of the molecule is CCNC(=O)C(C)n1c(N)nc2cc(Br)cnc21. The number of carbonyl (C=O) groups excluding carboxylic acids is 1. The Morgan fingerprint density at radius 1 is 1.67 bits per heavy atom. The Morgan fingerprint density at radius 2 is 2.39 bits per heavy atom. The third kappa shape index (κ3) is 2.17. The highest BCUT2D eigenvalue weighted by atomic mass is 79.9. The van der Waals surface area contributed by atoms with E-state index >= 15 is 0 Å². The maximum absolute atomic E-state index is 11.9. The van der Waals surface area contributed by atoms with Gasteiger partial charge in [-0.2, -0.15) is 0 Å². The maximum Gasteiger partial charge on any atom is 0.242 e. The summed E-state index contributed by atoms with van der Waals surface area (Å²) in [4.78, 5) is 20.3. The van der Waals surface area contributed by atoms with Crippen molar-refractivity contribution < 1.29 is 4.79 Å². The number of aromatic nitrogens is 3. The number of pyridine rings is 1. The van der Waals surface area contributed by atoms with Gasteiger partial charge in [-0.05, 0) is 35.8 Å². The van der Waals surface area contributed by atoms with Crippen molar-refractivity contribution in [1.29, 1.82) is 0 Å². The Kier molecular flexibility index (Phi) is 3.51. The Bertz CT molecular complexity index is 594. The number of hydrogen-bond donors (Lipinski definition) is 2. The molecule has 18 heavy (non-hydrogen) atoms. The molecule has 0 spiro atoms. The quantitative estimate of drug-likeness (QED) is 0.899. The lowest BCUT2D eigenvalue weighted by molar-refractivity contribution is -0.123. The van der Waals surface area contributed by atoms with Crippen LogP contribution in [0.4, 0.5) is 5.95 Å². The summed E-state index contributed by atoms with van der Waals surface area (Å²) in [6.07, 6.45) is 1.66. The molecule has 2 heterocycles. The second kappa shape index (κ2) is 4.93. The summed E-state index contributed by atoms with van der Waals surface area (Å²) >= 11 is 3.33. The van der Waals surface area contributed by atoms with Gasteiger partial charge in [0.2, 0.25) is 11.9 Å². The fourth-order valence-electron chi connectivity index (χ4n) is 1.80. The van der Waals surface area contributed by atoms with Crippen LogP contribution in [-0.4, -0.2) is 27.0 Å². The summed E-state index contributed by atoms with van der Waals surface area (Å²) in [5.41, 5.74) is 7.13. The van der Waals surface area contributed by atoms with E-state index in [-0.39, 0.29) is 11.9 Å². The highest BCUT2D eigenvalue weighted by molar-refractivity contribution is 9.10. The van der Waals surface area contributed by atoms with E-state index in [1.807, 2.05) is 13.0 Å². The van der Waals surface area contributed by atoms with Crippen LogP contribution in [0, 0.1) is 0 Å². The topological polar surface area (TPSA) is 85.8 Å².